The Balaban J connectivity index is 2.26. The van der Waals surface area contributed by atoms with E-state index in [4.69, 9.17) is 0 Å². The first-order chi connectivity index (χ1) is 9.93. The summed E-state index contributed by atoms with van der Waals surface area (Å²) >= 11 is 0. The van der Waals surface area contributed by atoms with Gasteiger partial charge in [-0.2, -0.15) is 5.10 Å². The van der Waals surface area contributed by atoms with Gasteiger partial charge in [0.25, 0.3) is 5.91 Å². The molecule has 0 aromatic carbocycles. The summed E-state index contributed by atoms with van der Waals surface area (Å²) in [6, 6.07) is 3.63. The van der Waals surface area contributed by atoms with E-state index in [2.05, 4.69) is 15.4 Å². The van der Waals surface area contributed by atoms with E-state index in [1.54, 1.807) is 12.3 Å². The van der Waals surface area contributed by atoms with Crippen LogP contribution in [0, 0.1) is 13.8 Å². The number of aryl methyl sites for hydroxylation is 2. The smallest absolute Gasteiger partial charge is 0.274 e. The molecule has 0 spiro atoms. The molecule has 0 saturated carbocycles. The van der Waals surface area contributed by atoms with Gasteiger partial charge in [0.05, 0.1) is 17.1 Å². The molecule has 0 atom stereocenters. The molecule has 0 aliphatic rings. The maximum Gasteiger partial charge on any atom is 0.274 e. The third-order valence-corrected chi connectivity index (χ3v) is 3.41. The van der Waals surface area contributed by atoms with Crippen molar-refractivity contribution in [1.29, 1.82) is 0 Å². The molecule has 1 N–H and O–H groups in total. The van der Waals surface area contributed by atoms with Crippen LogP contribution in [0.3, 0.4) is 0 Å². The summed E-state index contributed by atoms with van der Waals surface area (Å²) in [5.41, 5.74) is 3.86. The number of nitrogens with zero attached hydrogens (tertiary/aromatic N) is 4. The topological polar surface area (TPSA) is 63.1 Å². The number of aromatic nitrogens is 3. The highest BCUT2D eigenvalue weighted by atomic mass is 16.1. The second-order valence-electron chi connectivity index (χ2n) is 5.11. The Morgan fingerprint density at radius 1 is 1.38 bits per heavy atom. The Morgan fingerprint density at radius 3 is 2.67 bits per heavy atom. The average Bonchev–Trinajstić information content (AvgIpc) is 2.74. The van der Waals surface area contributed by atoms with Crippen LogP contribution in [-0.4, -0.2) is 34.8 Å². The number of amides is 1. The molecule has 0 unspecified atom stereocenters. The minimum absolute atomic E-state index is 0.222. The highest BCUT2D eigenvalue weighted by molar-refractivity contribution is 6.04. The molecule has 6 nitrogen and oxygen atoms in total. The molecule has 2 rings (SSSR count). The lowest BCUT2D eigenvalue weighted by Gasteiger charge is -2.13. The Bertz CT molecular complexity index is 660. The van der Waals surface area contributed by atoms with Crippen molar-refractivity contribution >= 4 is 17.3 Å². The zero-order valence-electron chi connectivity index (χ0n) is 13.1. The van der Waals surface area contributed by atoms with Crippen molar-refractivity contribution in [3.8, 4) is 0 Å². The maximum absolute atomic E-state index is 12.4. The summed E-state index contributed by atoms with van der Waals surface area (Å²) in [6.45, 7) is 6.63. The second-order valence-corrected chi connectivity index (χ2v) is 5.11. The summed E-state index contributed by atoms with van der Waals surface area (Å²) in [6.07, 6.45) is 1.64. The third-order valence-electron chi connectivity index (χ3n) is 3.41. The quantitative estimate of drug-likeness (QED) is 0.936. The van der Waals surface area contributed by atoms with E-state index in [0.29, 0.717) is 5.69 Å². The van der Waals surface area contributed by atoms with Gasteiger partial charge in [0.2, 0.25) is 0 Å². The first-order valence-electron chi connectivity index (χ1n) is 6.92. The zero-order chi connectivity index (χ0) is 15.6. The lowest BCUT2D eigenvalue weighted by Crippen LogP contribution is -2.16. The Kier molecular flexibility index (Phi) is 4.26. The molecule has 0 saturated heterocycles. The fourth-order valence-corrected chi connectivity index (χ4v) is 2.19. The molecule has 0 aliphatic carbocycles. The Hall–Kier alpha value is -2.37. The zero-order valence-corrected chi connectivity index (χ0v) is 13.1. The van der Waals surface area contributed by atoms with E-state index in [1.807, 2.05) is 50.5 Å². The van der Waals surface area contributed by atoms with Crippen LogP contribution in [0.1, 0.15) is 28.8 Å². The molecular formula is C15H21N5O. The van der Waals surface area contributed by atoms with Crippen LogP contribution in [0.4, 0.5) is 11.4 Å². The van der Waals surface area contributed by atoms with Crippen molar-refractivity contribution in [2.75, 3.05) is 24.3 Å². The van der Waals surface area contributed by atoms with E-state index in [0.717, 1.165) is 29.3 Å². The number of pyridine rings is 1. The minimum Gasteiger partial charge on any atom is -0.378 e. The first-order valence-corrected chi connectivity index (χ1v) is 6.92. The number of carbonyl (C=O) groups excluding carboxylic acids is 1. The standard InChI is InChI=1S/C15H21N5O/c1-6-20-11(3)14(10(2)18-20)17-15(21)13-9-12(19(4)5)7-8-16-13/h7-9H,6H2,1-5H3,(H,17,21). The summed E-state index contributed by atoms with van der Waals surface area (Å²) < 4.78 is 1.87. The molecule has 0 bridgehead atoms. The van der Waals surface area contributed by atoms with Crippen LogP contribution in [0.25, 0.3) is 0 Å². The molecule has 6 heteroatoms. The van der Waals surface area contributed by atoms with Gasteiger partial charge in [-0.3, -0.25) is 14.5 Å². The van der Waals surface area contributed by atoms with Gasteiger partial charge in [-0.1, -0.05) is 0 Å². The van der Waals surface area contributed by atoms with Crippen molar-refractivity contribution in [2.24, 2.45) is 0 Å². The molecular weight excluding hydrogens is 266 g/mol. The number of nitrogens with one attached hydrogen (secondary N) is 1. The Labute approximate surface area is 124 Å². The van der Waals surface area contributed by atoms with Gasteiger partial charge in [-0.15, -0.1) is 0 Å². The number of carbonyl (C=O) groups is 1. The molecule has 2 heterocycles. The van der Waals surface area contributed by atoms with Crippen LogP contribution < -0.4 is 10.2 Å². The van der Waals surface area contributed by atoms with E-state index in [9.17, 15) is 4.79 Å². The monoisotopic (exact) mass is 287 g/mol. The molecule has 0 aliphatic heterocycles. The summed E-state index contributed by atoms with van der Waals surface area (Å²) in [5.74, 6) is -0.222. The predicted octanol–water partition coefficient (Wildman–Crippen LogP) is 2.23. The van der Waals surface area contributed by atoms with Crippen molar-refractivity contribution in [1.82, 2.24) is 14.8 Å². The van der Waals surface area contributed by atoms with Crippen LogP contribution in [0.5, 0.6) is 0 Å². The summed E-state index contributed by atoms with van der Waals surface area (Å²) in [5, 5.41) is 7.31. The number of anilines is 2. The van der Waals surface area contributed by atoms with Gasteiger partial charge >= 0.3 is 0 Å². The molecule has 2 aromatic rings. The van der Waals surface area contributed by atoms with Crippen molar-refractivity contribution in [3.63, 3.8) is 0 Å². The highest BCUT2D eigenvalue weighted by Gasteiger charge is 2.15. The van der Waals surface area contributed by atoms with Gasteiger partial charge in [0.1, 0.15) is 5.69 Å². The van der Waals surface area contributed by atoms with Crippen molar-refractivity contribution in [3.05, 3.63) is 35.4 Å². The van der Waals surface area contributed by atoms with Gasteiger partial charge in [-0.05, 0) is 32.9 Å². The van der Waals surface area contributed by atoms with Gasteiger partial charge < -0.3 is 10.2 Å². The fraction of sp³-hybridized carbons (Fsp3) is 0.400. The molecule has 112 valence electrons. The van der Waals surface area contributed by atoms with Crippen LogP contribution in [0.15, 0.2) is 18.3 Å². The van der Waals surface area contributed by atoms with Crippen LogP contribution in [0.2, 0.25) is 0 Å². The van der Waals surface area contributed by atoms with Gasteiger partial charge in [0, 0.05) is 32.5 Å². The number of rotatable bonds is 4. The van der Waals surface area contributed by atoms with Crippen molar-refractivity contribution < 1.29 is 4.79 Å². The Morgan fingerprint density at radius 2 is 2.10 bits per heavy atom. The molecule has 0 radical (unpaired) electrons. The SMILES string of the molecule is CCn1nc(C)c(NC(=O)c2cc(N(C)C)ccn2)c1C. The largest absolute Gasteiger partial charge is 0.378 e. The lowest BCUT2D eigenvalue weighted by atomic mass is 10.2. The third kappa shape index (κ3) is 3.04. The molecule has 21 heavy (non-hydrogen) atoms. The van der Waals surface area contributed by atoms with E-state index in [1.165, 1.54) is 0 Å². The van der Waals surface area contributed by atoms with E-state index in [-0.39, 0.29) is 5.91 Å². The second kappa shape index (κ2) is 5.95. The maximum atomic E-state index is 12.4. The van der Waals surface area contributed by atoms with E-state index < -0.39 is 0 Å². The lowest BCUT2D eigenvalue weighted by molar-refractivity contribution is 0.102. The van der Waals surface area contributed by atoms with Crippen molar-refractivity contribution in [2.45, 2.75) is 27.3 Å². The summed E-state index contributed by atoms with van der Waals surface area (Å²) in [7, 11) is 3.85. The van der Waals surface area contributed by atoms with Crippen LogP contribution in [-0.2, 0) is 6.54 Å². The van der Waals surface area contributed by atoms with Gasteiger partial charge in [-0.25, -0.2) is 0 Å². The minimum atomic E-state index is -0.222. The predicted molar refractivity (Wildman–Crippen MR) is 83.9 cm³/mol. The van der Waals surface area contributed by atoms with Crippen LogP contribution >= 0.6 is 0 Å². The average molecular weight is 287 g/mol. The highest BCUT2D eigenvalue weighted by Crippen LogP contribution is 2.20. The van der Waals surface area contributed by atoms with Gasteiger partial charge in [0.15, 0.2) is 0 Å². The summed E-state index contributed by atoms with van der Waals surface area (Å²) in [4.78, 5) is 18.4. The normalized spacial score (nSPS) is 10.5. The fourth-order valence-electron chi connectivity index (χ4n) is 2.19. The first kappa shape index (κ1) is 15.0. The molecule has 2 aromatic heterocycles. The van der Waals surface area contributed by atoms with E-state index >= 15 is 0 Å². The molecule has 1 amide bonds. The molecule has 0 fully saturated rings. The number of hydrogen-bond donors (Lipinski definition) is 1. The number of hydrogen-bond acceptors (Lipinski definition) is 4.